The standard InChI is InChI=1S/C17H32N2O3/c1-12(2)11-22-17(21)19-15(13(3)4)16(20)18-14-9-7-5-6-8-10-14/h12-15H,5-11H2,1-4H3,(H,18,20)(H,19,21). The lowest BCUT2D eigenvalue weighted by Crippen LogP contribution is -2.52. The number of rotatable bonds is 6. The molecule has 22 heavy (non-hydrogen) atoms. The minimum Gasteiger partial charge on any atom is -0.449 e. The van der Waals surface area contributed by atoms with E-state index < -0.39 is 12.1 Å². The molecule has 0 saturated heterocycles. The van der Waals surface area contributed by atoms with Gasteiger partial charge in [-0.2, -0.15) is 0 Å². The summed E-state index contributed by atoms with van der Waals surface area (Å²) in [6, 6.07) is -0.298. The van der Waals surface area contributed by atoms with Crippen molar-refractivity contribution in [2.75, 3.05) is 6.61 Å². The van der Waals surface area contributed by atoms with E-state index in [1.165, 1.54) is 25.7 Å². The normalized spacial score (nSPS) is 17.9. The highest BCUT2D eigenvalue weighted by molar-refractivity contribution is 5.86. The third kappa shape index (κ3) is 7.14. The second-order valence-electron chi connectivity index (χ2n) is 7.06. The predicted molar refractivity (Wildman–Crippen MR) is 87.6 cm³/mol. The molecule has 0 aromatic carbocycles. The Labute approximate surface area is 134 Å². The molecule has 0 heterocycles. The zero-order valence-corrected chi connectivity index (χ0v) is 14.5. The number of carbonyl (C=O) groups is 2. The SMILES string of the molecule is CC(C)COC(=O)NC(C(=O)NC1CCCCCC1)C(C)C. The molecule has 128 valence electrons. The maximum absolute atomic E-state index is 12.5. The first-order valence-corrected chi connectivity index (χ1v) is 8.63. The quantitative estimate of drug-likeness (QED) is 0.740. The lowest BCUT2D eigenvalue weighted by atomic mass is 10.0. The topological polar surface area (TPSA) is 67.4 Å². The second kappa shape index (κ2) is 9.70. The largest absolute Gasteiger partial charge is 0.449 e. The van der Waals surface area contributed by atoms with Crippen molar-refractivity contribution in [3.8, 4) is 0 Å². The van der Waals surface area contributed by atoms with Crippen LogP contribution in [-0.4, -0.2) is 30.7 Å². The van der Waals surface area contributed by atoms with E-state index in [9.17, 15) is 9.59 Å². The van der Waals surface area contributed by atoms with Crippen LogP contribution in [0.4, 0.5) is 4.79 Å². The molecule has 0 bridgehead atoms. The van der Waals surface area contributed by atoms with Gasteiger partial charge in [-0.05, 0) is 24.7 Å². The average Bonchev–Trinajstić information content (AvgIpc) is 2.70. The molecule has 0 aromatic rings. The molecular weight excluding hydrogens is 280 g/mol. The Balaban J connectivity index is 2.50. The van der Waals surface area contributed by atoms with E-state index >= 15 is 0 Å². The fourth-order valence-corrected chi connectivity index (χ4v) is 2.66. The molecule has 1 atom stereocenters. The Morgan fingerprint density at radius 2 is 1.64 bits per heavy atom. The van der Waals surface area contributed by atoms with E-state index in [-0.39, 0.29) is 23.8 Å². The summed E-state index contributed by atoms with van der Waals surface area (Å²) in [5, 5.41) is 5.80. The first-order chi connectivity index (χ1) is 10.4. The van der Waals surface area contributed by atoms with E-state index in [1.807, 2.05) is 27.7 Å². The summed E-state index contributed by atoms with van der Waals surface area (Å²) in [5.41, 5.74) is 0. The molecule has 2 N–H and O–H groups in total. The number of carbonyl (C=O) groups excluding carboxylic acids is 2. The fraction of sp³-hybridized carbons (Fsp3) is 0.882. The van der Waals surface area contributed by atoms with Crippen molar-refractivity contribution < 1.29 is 14.3 Å². The van der Waals surface area contributed by atoms with Gasteiger partial charge in [0.2, 0.25) is 5.91 Å². The smallest absolute Gasteiger partial charge is 0.407 e. The van der Waals surface area contributed by atoms with E-state index in [0.717, 1.165) is 12.8 Å². The van der Waals surface area contributed by atoms with E-state index in [4.69, 9.17) is 4.74 Å². The van der Waals surface area contributed by atoms with Crippen LogP contribution in [0.3, 0.4) is 0 Å². The lowest BCUT2D eigenvalue weighted by Gasteiger charge is -2.25. The minimum absolute atomic E-state index is 0.0254. The highest BCUT2D eigenvalue weighted by Gasteiger charge is 2.27. The molecule has 0 radical (unpaired) electrons. The fourth-order valence-electron chi connectivity index (χ4n) is 2.66. The third-order valence-corrected chi connectivity index (χ3v) is 3.97. The van der Waals surface area contributed by atoms with E-state index in [1.54, 1.807) is 0 Å². The zero-order valence-electron chi connectivity index (χ0n) is 14.5. The van der Waals surface area contributed by atoms with Crippen LogP contribution < -0.4 is 10.6 Å². The van der Waals surface area contributed by atoms with Crippen molar-refractivity contribution in [3.63, 3.8) is 0 Å². The molecule has 5 heteroatoms. The molecule has 0 spiro atoms. The molecule has 1 aliphatic carbocycles. The van der Waals surface area contributed by atoms with Crippen LogP contribution in [0.15, 0.2) is 0 Å². The van der Waals surface area contributed by atoms with Crippen molar-refractivity contribution in [2.24, 2.45) is 11.8 Å². The summed E-state index contributed by atoms with van der Waals surface area (Å²) in [6.45, 7) is 8.18. The number of nitrogens with one attached hydrogen (secondary N) is 2. The number of alkyl carbamates (subject to hydrolysis) is 1. The van der Waals surface area contributed by atoms with Crippen LogP contribution in [-0.2, 0) is 9.53 Å². The van der Waals surface area contributed by atoms with Gasteiger partial charge in [0, 0.05) is 6.04 Å². The third-order valence-electron chi connectivity index (χ3n) is 3.97. The van der Waals surface area contributed by atoms with Gasteiger partial charge in [-0.1, -0.05) is 53.4 Å². The minimum atomic E-state index is -0.539. The van der Waals surface area contributed by atoms with E-state index in [2.05, 4.69) is 10.6 Å². The van der Waals surface area contributed by atoms with Crippen LogP contribution in [0.25, 0.3) is 0 Å². The maximum Gasteiger partial charge on any atom is 0.407 e. The summed E-state index contributed by atoms with van der Waals surface area (Å²) in [7, 11) is 0. The van der Waals surface area contributed by atoms with Crippen LogP contribution in [0.1, 0.15) is 66.2 Å². The molecule has 1 unspecified atom stereocenters. The Hall–Kier alpha value is -1.26. The lowest BCUT2D eigenvalue weighted by molar-refractivity contribution is -0.124. The molecule has 5 nitrogen and oxygen atoms in total. The van der Waals surface area contributed by atoms with Crippen molar-refractivity contribution in [3.05, 3.63) is 0 Å². The number of hydrogen-bond donors (Lipinski definition) is 2. The molecule has 1 saturated carbocycles. The Morgan fingerprint density at radius 3 is 2.14 bits per heavy atom. The highest BCUT2D eigenvalue weighted by atomic mass is 16.5. The van der Waals surface area contributed by atoms with Gasteiger partial charge >= 0.3 is 6.09 Å². The Bertz CT molecular complexity index is 348. The van der Waals surface area contributed by atoms with Gasteiger partial charge in [-0.15, -0.1) is 0 Å². The van der Waals surface area contributed by atoms with Crippen molar-refractivity contribution >= 4 is 12.0 Å². The van der Waals surface area contributed by atoms with Gasteiger partial charge in [-0.25, -0.2) is 4.79 Å². The summed E-state index contributed by atoms with van der Waals surface area (Å²) >= 11 is 0. The maximum atomic E-state index is 12.5. The second-order valence-corrected chi connectivity index (χ2v) is 7.06. The van der Waals surface area contributed by atoms with Crippen LogP contribution >= 0.6 is 0 Å². The highest BCUT2D eigenvalue weighted by Crippen LogP contribution is 2.17. The molecule has 1 aliphatic rings. The Kier molecular flexibility index (Phi) is 8.28. The van der Waals surface area contributed by atoms with Crippen molar-refractivity contribution in [1.82, 2.24) is 10.6 Å². The average molecular weight is 312 g/mol. The summed E-state index contributed by atoms with van der Waals surface area (Å²) in [5.74, 6) is 0.212. The number of amides is 2. The summed E-state index contributed by atoms with van der Waals surface area (Å²) < 4.78 is 5.11. The molecular formula is C17H32N2O3. The number of ether oxygens (including phenoxy) is 1. The summed E-state index contributed by atoms with van der Waals surface area (Å²) in [4.78, 5) is 24.3. The van der Waals surface area contributed by atoms with Gasteiger partial charge in [0.1, 0.15) is 6.04 Å². The van der Waals surface area contributed by atoms with Crippen LogP contribution in [0.5, 0.6) is 0 Å². The molecule has 0 aromatic heterocycles. The van der Waals surface area contributed by atoms with Gasteiger partial charge in [0.15, 0.2) is 0 Å². The monoisotopic (exact) mass is 312 g/mol. The van der Waals surface area contributed by atoms with Crippen LogP contribution in [0.2, 0.25) is 0 Å². The van der Waals surface area contributed by atoms with Gasteiger partial charge in [0.05, 0.1) is 6.61 Å². The molecule has 1 rings (SSSR count). The summed E-state index contributed by atoms with van der Waals surface area (Å²) in [6.07, 6.45) is 6.40. The first kappa shape index (κ1) is 18.8. The number of hydrogen-bond acceptors (Lipinski definition) is 3. The van der Waals surface area contributed by atoms with Crippen molar-refractivity contribution in [1.29, 1.82) is 0 Å². The first-order valence-electron chi connectivity index (χ1n) is 8.63. The molecule has 1 fully saturated rings. The molecule has 2 amide bonds. The van der Waals surface area contributed by atoms with E-state index in [0.29, 0.717) is 6.61 Å². The van der Waals surface area contributed by atoms with Gasteiger partial charge < -0.3 is 15.4 Å². The van der Waals surface area contributed by atoms with Gasteiger partial charge in [-0.3, -0.25) is 4.79 Å². The zero-order chi connectivity index (χ0) is 16.5. The van der Waals surface area contributed by atoms with Gasteiger partial charge in [0.25, 0.3) is 0 Å². The Morgan fingerprint density at radius 1 is 1.05 bits per heavy atom. The van der Waals surface area contributed by atoms with Crippen molar-refractivity contribution in [2.45, 2.75) is 78.3 Å². The molecule has 0 aliphatic heterocycles. The predicted octanol–water partition coefficient (Wildman–Crippen LogP) is 3.23. The van der Waals surface area contributed by atoms with Crippen LogP contribution in [0, 0.1) is 11.8 Å².